The van der Waals surface area contributed by atoms with Crippen molar-refractivity contribution in [2.75, 3.05) is 5.73 Å². The van der Waals surface area contributed by atoms with Crippen molar-refractivity contribution in [3.8, 4) is 0 Å². The summed E-state index contributed by atoms with van der Waals surface area (Å²) in [4.78, 5) is 22.8. The van der Waals surface area contributed by atoms with Gasteiger partial charge in [0.05, 0.1) is 5.92 Å². The van der Waals surface area contributed by atoms with E-state index in [0.29, 0.717) is 17.7 Å². The smallest absolute Gasteiger partial charge is 0.310 e. The number of carboxylic acid groups (broad SMARTS) is 1. The number of hydrogen-bond acceptors (Lipinski definition) is 3. The molecule has 0 heterocycles. The molecule has 1 aromatic rings. The molecule has 1 aliphatic carbocycles. The second-order valence-electron chi connectivity index (χ2n) is 4.72. The summed E-state index contributed by atoms with van der Waals surface area (Å²) in [5, 5.41) is 11.7. The fourth-order valence-corrected chi connectivity index (χ4v) is 2.06. The number of aliphatic carboxylic acids is 1. The van der Waals surface area contributed by atoms with E-state index in [-0.39, 0.29) is 11.9 Å². The van der Waals surface area contributed by atoms with Gasteiger partial charge in [0.1, 0.15) is 0 Å². The second-order valence-corrected chi connectivity index (χ2v) is 4.72. The summed E-state index contributed by atoms with van der Waals surface area (Å²) in [5.41, 5.74) is 7.71. The van der Waals surface area contributed by atoms with Crippen molar-refractivity contribution >= 4 is 17.6 Å². The predicted octanol–water partition coefficient (Wildman–Crippen LogP) is 1.34. The second kappa shape index (κ2) is 5.14. The minimum Gasteiger partial charge on any atom is -0.481 e. The normalized spacial score (nSPS) is 21.3. The summed E-state index contributed by atoms with van der Waals surface area (Å²) in [5.74, 6) is -1.60. The third kappa shape index (κ3) is 2.93. The summed E-state index contributed by atoms with van der Waals surface area (Å²) in [6.07, 6.45) is 3.73. The molecule has 0 aromatic heterocycles. The minimum atomic E-state index is -0.865. The lowest BCUT2D eigenvalue weighted by Crippen LogP contribution is -2.33. The van der Waals surface area contributed by atoms with Crippen LogP contribution in [0.3, 0.4) is 0 Å². The molecule has 2 rings (SSSR count). The maximum Gasteiger partial charge on any atom is 0.310 e. The molecule has 0 aliphatic heterocycles. The Kier molecular flexibility index (Phi) is 3.55. The number of amides is 1. The van der Waals surface area contributed by atoms with E-state index in [4.69, 9.17) is 10.8 Å². The van der Waals surface area contributed by atoms with E-state index in [2.05, 4.69) is 5.32 Å². The quantitative estimate of drug-likeness (QED) is 0.564. The van der Waals surface area contributed by atoms with Gasteiger partial charge in [-0.15, -0.1) is 0 Å². The van der Waals surface area contributed by atoms with Crippen molar-refractivity contribution in [2.24, 2.45) is 5.92 Å². The molecular weight excluding hydrogens is 244 g/mol. The van der Waals surface area contributed by atoms with Gasteiger partial charge in [-0.1, -0.05) is 12.2 Å². The molecule has 19 heavy (non-hydrogen) atoms. The van der Waals surface area contributed by atoms with Gasteiger partial charge in [0.2, 0.25) is 0 Å². The van der Waals surface area contributed by atoms with Crippen LogP contribution in [0.5, 0.6) is 0 Å². The number of rotatable bonds is 3. The standard InChI is InChI=1S/C14H16N2O3/c1-8-6-9(3-5-12(8)15)13(17)16-11-4-2-10(7-11)14(18)19/h2-6,10-11H,7,15H2,1H3,(H,16,17)(H,18,19). The number of carboxylic acids is 1. The van der Waals surface area contributed by atoms with Gasteiger partial charge >= 0.3 is 5.97 Å². The van der Waals surface area contributed by atoms with Crippen molar-refractivity contribution in [1.29, 1.82) is 0 Å². The number of nitrogen functional groups attached to an aromatic ring is 1. The molecule has 5 nitrogen and oxygen atoms in total. The average molecular weight is 260 g/mol. The Bertz CT molecular complexity index is 552. The van der Waals surface area contributed by atoms with Crippen molar-refractivity contribution in [3.63, 3.8) is 0 Å². The monoisotopic (exact) mass is 260 g/mol. The fourth-order valence-electron chi connectivity index (χ4n) is 2.06. The SMILES string of the molecule is Cc1cc(C(=O)NC2C=CC(C(=O)O)C2)ccc1N. The summed E-state index contributed by atoms with van der Waals surface area (Å²) in [6.45, 7) is 1.84. The Hall–Kier alpha value is -2.30. The summed E-state index contributed by atoms with van der Waals surface area (Å²) >= 11 is 0. The highest BCUT2D eigenvalue weighted by Gasteiger charge is 2.25. The first-order chi connectivity index (χ1) is 8.97. The van der Waals surface area contributed by atoms with Crippen LogP contribution < -0.4 is 11.1 Å². The molecule has 1 amide bonds. The van der Waals surface area contributed by atoms with Crippen LogP contribution >= 0.6 is 0 Å². The Morgan fingerprint density at radius 2 is 2.11 bits per heavy atom. The van der Waals surface area contributed by atoms with Crippen LogP contribution in [0.15, 0.2) is 30.4 Å². The van der Waals surface area contributed by atoms with E-state index in [1.54, 1.807) is 30.4 Å². The summed E-state index contributed by atoms with van der Waals surface area (Å²) in [6, 6.07) is 4.84. The van der Waals surface area contributed by atoms with Crippen LogP contribution in [-0.2, 0) is 4.79 Å². The highest BCUT2D eigenvalue weighted by atomic mass is 16.4. The molecule has 0 saturated heterocycles. The zero-order chi connectivity index (χ0) is 14.0. The van der Waals surface area contributed by atoms with Crippen LogP contribution in [0.25, 0.3) is 0 Å². The molecule has 2 unspecified atom stereocenters. The predicted molar refractivity (Wildman–Crippen MR) is 71.7 cm³/mol. The number of carbonyl (C=O) groups excluding carboxylic acids is 1. The molecular formula is C14H16N2O3. The first-order valence-corrected chi connectivity index (χ1v) is 6.05. The molecule has 5 heteroatoms. The minimum absolute atomic E-state index is 0.219. The van der Waals surface area contributed by atoms with Gasteiger partial charge in [-0.2, -0.15) is 0 Å². The number of carbonyl (C=O) groups is 2. The number of hydrogen-bond donors (Lipinski definition) is 3. The zero-order valence-corrected chi connectivity index (χ0v) is 10.6. The zero-order valence-electron chi connectivity index (χ0n) is 10.6. The van der Waals surface area contributed by atoms with Gasteiger partial charge in [-0.3, -0.25) is 9.59 Å². The van der Waals surface area contributed by atoms with E-state index in [1.807, 2.05) is 6.92 Å². The van der Waals surface area contributed by atoms with Crippen molar-refractivity contribution < 1.29 is 14.7 Å². The number of nitrogens with one attached hydrogen (secondary N) is 1. The molecule has 0 spiro atoms. The highest BCUT2D eigenvalue weighted by molar-refractivity contribution is 5.95. The van der Waals surface area contributed by atoms with E-state index < -0.39 is 11.9 Å². The van der Waals surface area contributed by atoms with Crippen molar-refractivity contribution in [1.82, 2.24) is 5.32 Å². The number of benzene rings is 1. The maximum atomic E-state index is 12.0. The van der Waals surface area contributed by atoms with Gasteiger partial charge in [-0.05, 0) is 37.1 Å². The molecule has 0 radical (unpaired) electrons. The van der Waals surface area contributed by atoms with Crippen LogP contribution in [-0.4, -0.2) is 23.0 Å². The van der Waals surface area contributed by atoms with Gasteiger partial charge in [-0.25, -0.2) is 0 Å². The molecule has 1 aliphatic rings. The van der Waals surface area contributed by atoms with Crippen molar-refractivity contribution in [3.05, 3.63) is 41.5 Å². The third-order valence-electron chi connectivity index (χ3n) is 3.25. The fraction of sp³-hybridized carbons (Fsp3) is 0.286. The van der Waals surface area contributed by atoms with E-state index in [1.165, 1.54) is 0 Å². The first kappa shape index (κ1) is 13.1. The molecule has 2 atom stereocenters. The molecule has 100 valence electrons. The van der Waals surface area contributed by atoms with E-state index in [0.717, 1.165) is 5.56 Å². The van der Waals surface area contributed by atoms with Gasteiger partial charge in [0.15, 0.2) is 0 Å². The van der Waals surface area contributed by atoms with Crippen LogP contribution in [0.4, 0.5) is 5.69 Å². The molecule has 0 saturated carbocycles. The Morgan fingerprint density at radius 1 is 1.37 bits per heavy atom. The lowest BCUT2D eigenvalue weighted by Gasteiger charge is -2.12. The summed E-state index contributed by atoms with van der Waals surface area (Å²) < 4.78 is 0. The van der Waals surface area contributed by atoms with E-state index >= 15 is 0 Å². The number of anilines is 1. The largest absolute Gasteiger partial charge is 0.481 e. The molecule has 4 N–H and O–H groups in total. The van der Waals surface area contributed by atoms with Gasteiger partial charge in [0, 0.05) is 17.3 Å². The Labute approximate surface area is 111 Å². The number of aryl methyl sites for hydroxylation is 1. The van der Waals surface area contributed by atoms with E-state index in [9.17, 15) is 9.59 Å². The lowest BCUT2D eigenvalue weighted by atomic mass is 10.1. The van der Waals surface area contributed by atoms with Crippen LogP contribution in [0, 0.1) is 12.8 Å². The topological polar surface area (TPSA) is 92.4 Å². The highest BCUT2D eigenvalue weighted by Crippen LogP contribution is 2.19. The van der Waals surface area contributed by atoms with Gasteiger partial charge < -0.3 is 16.2 Å². The first-order valence-electron chi connectivity index (χ1n) is 6.05. The average Bonchev–Trinajstić information content (AvgIpc) is 2.81. The summed E-state index contributed by atoms with van der Waals surface area (Å²) in [7, 11) is 0. The van der Waals surface area contributed by atoms with Crippen molar-refractivity contribution in [2.45, 2.75) is 19.4 Å². The van der Waals surface area contributed by atoms with Crippen LogP contribution in [0.2, 0.25) is 0 Å². The third-order valence-corrected chi connectivity index (χ3v) is 3.25. The maximum absolute atomic E-state index is 12.0. The lowest BCUT2D eigenvalue weighted by molar-refractivity contribution is -0.140. The number of nitrogens with two attached hydrogens (primary N) is 1. The molecule has 1 aromatic carbocycles. The van der Waals surface area contributed by atoms with Crippen LogP contribution in [0.1, 0.15) is 22.3 Å². The Balaban J connectivity index is 2.00. The molecule has 0 fully saturated rings. The molecule has 0 bridgehead atoms. The Morgan fingerprint density at radius 3 is 2.68 bits per heavy atom. The van der Waals surface area contributed by atoms with Gasteiger partial charge in [0.25, 0.3) is 5.91 Å².